The Morgan fingerprint density at radius 3 is 1.79 bits per heavy atom. The van der Waals surface area contributed by atoms with Crippen molar-refractivity contribution in [3.8, 4) is 0 Å². The molecule has 1 saturated heterocycles. The number of amides is 3. The van der Waals surface area contributed by atoms with E-state index in [2.05, 4.69) is 16.0 Å². The van der Waals surface area contributed by atoms with Crippen molar-refractivity contribution in [1.82, 2.24) is 16.0 Å². The monoisotopic (exact) mass is 671 g/mol. The second kappa shape index (κ2) is 29.2. The van der Waals surface area contributed by atoms with Crippen molar-refractivity contribution in [2.24, 2.45) is 5.92 Å². The smallest absolute Gasteiger partial charge is 0.326 e. The first-order chi connectivity index (χ1) is 22.8. The highest BCUT2D eigenvalue weighted by Gasteiger charge is 2.32. The van der Waals surface area contributed by atoms with Crippen LogP contribution in [0.5, 0.6) is 0 Å². The number of carboxylic acid groups (broad SMARTS) is 1. The number of nitrogens with one attached hydrogen (secondary N) is 3. The highest BCUT2D eigenvalue weighted by molar-refractivity contribution is 6.02. The van der Waals surface area contributed by atoms with E-state index in [1.54, 1.807) is 0 Å². The molecular formula is C33H57N3O11. The molecule has 1 aliphatic heterocycles. The molecule has 47 heavy (non-hydrogen) atoms. The van der Waals surface area contributed by atoms with Crippen molar-refractivity contribution >= 4 is 35.8 Å². The summed E-state index contributed by atoms with van der Waals surface area (Å²) in [5, 5.41) is 17.6. The highest BCUT2D eigenvalue weighted by Crippen LogP contribution is 2.17. The standard InChI is InChI=1S/C33H57N3O11/c37-17-20-46-22-21-44-18-15-34-31(40)26-47-24-23-45-19-16-35-32(41)27-25-28(33(42)43)36-30(39)14-12-10-8-6-4-2-1-3-5-7-9-11-13-29(27)38/h17,27-28H,1-16,18-26H2,(H,34,40)(H,35,41)(H,36,39)(H,42,43)/t27?,28-/m0/s1. The van der Waals surface area contributed by atoms with Crippen LogP contribution in [0, 0.1) is 5.92 Å². The van der Waals surface area contributed by atoms with Gasteiger partial charge in [0.1, 0.15) is 31.3 Å². The molecule has 1 rings (SSSR count). The molecule has 14 heteroatoms. The number of hydrogen-bond donors (Lipinski definition) is 4. The molecule has 3 amide bonds. The molecule has 0 bridgehead atoms. The minimum atomic E-state index is -1.35. The van der Waals surface area contributed by atoms with Gasteiger partial charge in [-0.15, -0.1) is 0 Å². The maximum Gasteiger partial charge on any atom is 0.326 e. The normalized spacial score (nSPS) is 19.7. The van der Waals surface area contributed by atoms with E-state index in [0.29, 0.717) is 45.5 Å². The van der Waals surface area contributed by atoms with E-state index in [9.17, 15) is 33.9 Å². The summed E-state index contributed by atoms with van der Waals surface area (Å²) in [6.07, 6.45) is 12.8. The largest absolute Gasteiger partial charge is 0.480 e. The fraction of sp³-hybridized carbons (Fsp3) is 0.818. The third-order valence-electron chi connectivity index (χ3n) is 7.66. The average Bonchev–Trinajstić information content (AvgIpc) is 3.04. The summed E-state index contributed by atoms with van der Waals surface area (Å²) in [4.78, 5) is 72.6. The van der Waals surface area contributed by atoms with Crippen LogP contribution in [0.15, 0.2) is 0 Å². The molecule has 2 atom stereocenters. The first-order valence-corrected chi connectivity index (χ1v) is 17.2. The number of carbonyl (C=O) groups is 6. The maximum atomic E-state index is 13.1. The Hall–Kier alpha value is -2.94. The lowest BCUT2D eigenvalue weighted by Crippen LogP contribution is -2.46. The number of ketones is 1. The van der Waals surface area contributed by atoms with Crippen LogP contribution < -0.4 is 16.0 Å². The van der Waals surface area contributed by atoms with Gasteiger partial charge in [0.05, 0.1) is 45.6 Å². The van der Waals surface area contributed by atoms with Gasteiger partial charge in [0.25, 0.3) is 0 Å². The van der Waals surface area contributed by atoms with E-state index < -0.39 is 29.7 Å². The molecule has 1 aliphatic rings. The molecule has 0 aromatic rings. The van der Waals surface area contributed by atoms with Crippen molar-refractivity contribution < 1.29 is 52.8 Å². The predicted octanol–water partition coefficient (Wildman–Crippen LogP) is 2.10. The van der Waals surface area contributed by atoms with Crippen LogP contribution >= 0.6 is 0 Å². The van der Waals surface area contributed by atoms with E-state index in [1.165, 1.54) is 25.7 Å². The maximum absolute atomic E-state index is 13.1. The Balaban J connectivity index is 2.43. The minimum absolute atomic E-state index is 0.0220. The summed E-state index contributed by atoms with van der Waals surface area (Å²) >= 11 is 0. The topological polar surface area (TPSA) is 196 Å². The van der Waals surface area contributed by atoms with Crippen LogP contribution in [0.2, 0.25) is 0 Å². The third-order valence-corrected chi connectivity index (χ3v) is 7.66. The first kappa shape index (κ1) is 42.1. The second-order valence-electron chi connectivity index (χ2n) is 11.6. The molecule has 0 aromatic carbocycles. The first-order valence-electron chi connectivity index (χ1n) is 17.2. The number of Topliss-reactive ketones (excluding diaryl/α,β-unsaturated/α-hetero) is 1. The van der Waals surface area contributed by atoms with Crippen molar-refractivity contribution in [3.05, 3.63) is 0 Å². The van der Waals surface area contributed by atoms with E-state index >= 15 is 0 Å². The minimum Gasteiger partial charge on any atom is -0.480 e. The molecule has 0 radical (unpaired) electrons. The second-order valence-corrected chi connectivity index (χ2v) is 11.6. The van der Waals surface area contributed by atoms with Gasteiger partial charge < -0.3 is 44.8 Å². The number of aldehydes is 1. The fourth-order valence-corrected chi connectivity index (χ4v) is 5.05. The third kappa shape index (κ3) is 23.9. The lowest BCUT2D eigenvalue weighted by Gasteiger charge is -2.21. The SMILES string of the molecule is O=CCOCCOCCNC(=O)COCCOCCNC(=O)C1C[C@@H](C(=O)O)NC(=O)CCCCCCCCCCCCCCC1=O. The van der Waals surface area contributed by atoms with Gasteiger partial charge in [-0.05, 0) is 19.3 Å². The fourth-order valence-electron chi connectivity index (χ4n) is 5.05. The number of carbonyl (C=O) groups excluding carboxylic acids is 5. The van der Waals surface area contributed by atoms with Gasteiger partial charge in [0.2, 0.25) is 17.7 Å². The van der Waals surface area contributed by atoms with Gasteiger partial charge in [0, 0.05) is 25.9 Å². The quantitative estimate of drug-likeness (QED) is 0.0947. The predicted molar refractivity (Wildman–Crippen MR) is 173 cm³/mol. The molecule has 1 unspecified atom stereocenters. The molecule has 270 valence electrons. The van der Waals surface area contributed by atoms with E-state index in [1.807, 2.05) is 0 Å². The number of carboxylic acids is 1. The summed E-state index contributed by atoms with van der Waals surface area (Å²) in [6, 6.07) is -1.35. The average molecular weight is 672 g/mol. The number of hydrogen-bond acceptors (Lipinski definition) is 10. The summed E-state index contributed by atoms with van der Waals surface area (Å²) in [5.74, 6) is -4.12. The van der Waals surface area contributed by atoms with Crippen LogP contribution in [0.25, 0.3) is 0 Å². The van der Waals surface area contributed by atoms with Gasteiger partial charge >= 0.3 is 5.97 Å². The van der Waals surface area contributed by atoms with Gasteiger partial charge in [-0.1, -0.05) is 64.2 Å². The summed E-state index contributed by atoms with van der Waals surface area (Å²) in [5.41, 5.74) is 0. The lowest BCUT2D eigenvalue weighted by molar-refractivity contribution is -0.143. The molecule has 4 N–H and O–H groups in total. The molecule has 0 spiro atoms. The molecular weight excluding hydrogens is 614 g/mol. The highest BCUT2D eigenvalue weighted by atomic mass is 16.5. The molecule has 0 saturated carbocycles. The van der Waals surface area contributed by atoms with Gasteiger partial charge in [-0.3, -0.25) is 19.2 Å². The van der Waals surface area contributed by atoms with Crippen molar-refractivity contribution in [3.63, 3.8) is 0 Å². The zero-order valence-corrected chi connectivity index (χ0v) is 27.9. The van der Waals surface area contributed by atoms with Gasteiger partial charge in [0.15, 0.2) is 0 Å². The van der Waals surface area contributed by atoms with Crippen LogP contribution in [0.4, 0.5) is 0 Å². The summed E-state index contributed by atoms with van der Waals surface area (Å²) < 4.78 is 20.9. The van der Waals surface area contributed by atoms with E-state index in [4.69, 9.17) is 18.9 Å². The van der Waals surface area contributed by atoms with Crippen molar-refractivity contribution in [2.75, 3.05) is 65.9 Å². The molecule has 1 fully saturated rings. The van der Waals surface area contributed by atoms with E-state index in [0.717, 1.165) is 38.5 Å². The Morgan fingerprint density at radius 2 is 1.21 bits per heavy atom. The van der Waals surface area contributed by atoms with Crippen LogP contribution in [-0.4, -0.2) is 113 Å². The zero-order valence-electron chi connectivity index (χ0n) is 27.9. The lowest BCUT2D eigenvalue weighted by atomic mass is 9.91. The molecule has 0 aliphatic carbocycles. The van der Waals surface area contributed by atoms with Gasteiger partial charge in [-0.2, -0.15) is 0 Å². The Bertz CT molecular complexity index is 903. The Morgan fingerprint density at radius 1 is 0.702 bits per heavy atom. The van der Waals surface area contributed by atoms with Crippen LogP contribution in [0.1, 0.15) is 96.3 Å². The molecule has 0 aromatic heterocycles. The van der Waals surface area contributed by atoms with Crippen LogP contribution in [0.3, 0.4) is 0 Å². The number of rotatable bonds is 18. The van der Waals surface area contributed by atoms with E-state index in [-0.39, 0.29) is 70.5 Å². The van der Waals surface area contributed by atoms with Crippen LogP contribution in [-0.2, 0) is 47.7 Å². The Labute approximate surface area is 278 Å². The molecule has 1 heterocycles. The van der Waals surface area contributed by atoms with Gasteiger partial charge in [-0.25, -0.2) is 4.79 Å². The van der Waals surface area contributed by atoms with Crippen molar-refractivity contribution in [1.29, 1.82) is 0 Å². The van der Waals surface area contributed by atoms with Crippen molar-refractivity contribution in [2.45, 2.75) is 102 Å². The summed E-state index contributed by atoms with van der Waals surface area (Å²) in [6.45, 7) is 1.59. The number of ether oxygens (including phenoxy) is 4. The Kier molecular flexibility index (Phi) is 26.2. The zero-order chi connectivity index (χ0) is 34.4. The summed E-state index contributed by atoms with van der Waals surface area (Å²) in [7, 11) is 0. The molecule has 14 nitrogen and oxygen atoms in total. The number of aliphatic carboxylic acids is 1.